The highest BCUT2D eigenvalue weighted by Gasteiger charge is 2.24. The molecule has 0 unspecified atom stereocenters. The summed E-state index contributed by atoms with van der Waals surface area (Å²) in [7, 11) is 0. The predicted molar refractivity (Wildman–Crippen MR) is 136 cm³/mol. The molecule has 0 radical (unpaired) electrons. The van der Waals surface area contributed by atoms with E-state index < -0.39 is 0 Å². The van der Waals surface area contributed by atoms with Gasteiger partial charge in [0.2, 0.25) is 5.89 Å². The first-order valence-corrected chi connectivity index (χ1v) is 13.1. The topological polar surface area (TPSA) is 77.0 Å². The molecule has 3 aromatic heterocycles. The summed E-state index contributed by atoms with van der Waals surface area (Å²) < 4.78 is 7.70. The highest BCUT2D eigenvalue weighted by molar-refractivity contribution is 7.98. The lowest BCUT2D eigenvalue weighted by molar-refractivity contribution is 0.0728. The van der Waals surface area contributed by atoms with Crippen molar-refractivity contribution in [1.82, 2.24) is 24.6 Å². The van der Waals surface area contributed by atoms with Crippen molar-refractivity contribution in [3.63, 3.8) is 0 Å². The highest BCUT2D eigenvalue weighted by atomic mass is 32.2. The molecule has 0 spiro atoms. The second-order valence-electron chi connectivity index (χ2n) is 8.12. The number of benzene rings is 2. The number of rotatable bonds is 6. The molecule has 5 aromatic rings. The van der Waals surface area contributed by atoms with Gasteiger partial charge in [0, 0.05) is 18.8 Å². The van der Waals surface area contributed by atoms with Crippen LogP contribution in [0, 0.1) is 0 Å². The van der Waals surface area contributed by atoms with Crippen molar-refractivity contribution in [1.29, 1.82) is 0 Å². The molecule has 174 valence electrons. The molecule has 0 aliphatic carbocycles. The van der Waals surface area contributed by atoms with Gasteiger partial charge in [-0.1, -0.05) is 60.3 Å². The van der Waals surface area contributed by atoms with E-state index in [-0.39, 0.29) is 5.91 Å². The third kappa shape index (κ3) is 4.40. The van der Waals surface area contributed by atoms with E-state index in [4.69, 9.17) is 4.42 Å². The molecule has 4 heterocycles. The molecule has 6 rings (SSSR count). The van der Waals surface area contributed by atoms with E-state index >= 15 is 0 Å². The van der Waals surface area contributed by atoms with Gasteiger partial charge in [-0.2, -0.15) is 0 Å². The number of fused-ring (bicyclic) bond motifs is 1. The quantitative estimate of drug-likeness (QED) is 0.288. The van der Waals surface area contributed by atoms with Gasteiger partial charge in [0.05, 0.1) is 10.6 Å². The van der Waals surface area contributed by atoms with Gasteiger partial charge < -0.3 is 9.32 Å². The number of carbonyl (C=O) groups is 1. The van der Waals surface area contributed by atoms with Gasteiger partial charge in [0.1, 0.15) is 6.26 Å². The lowest BCUT2D eigenvalue weighted by Gasteiger charge is -2.28. The number of aromatic nitrogens is 4. The molecule has 1 aliphatic rings. The zero-order valence-electron chi connectivity index (χ0n) is 18.7. The lowest BCUT2D eigenvalue weighted by atomic mass is 10.00. The first-order valence-electron chi connectivity index (χ1n) is 11.2. The zero-order valence-corrected chi connectivity index (χ0v) is 20.3. The number of para-hydroxylation sites is 1. The molecule has 0 N–H and O–H groups in total. The van der Waals surface area contributed by atoms with Crippen LogP contribution in [-0.2, 0) is 18.7 Å². The standard InChI is InChI=1S/C26H21N5O2S2/c32-25(30-13-12-18-7-4-5-8-19(18)15-30)21-16-33-23(27-21)17-35-26-29-28-24(22-11-6-14-34-22)31(26)20-9-2-1-3-10-20/h1-11,14,16H,12-13,15,17H2. The van der Waals surface area contributed by atoms with E-state index in [0.29, 0.717) is 30.4 Å². The SMILES string of the molecule is O=C(c1coc(CSc2nnc(-c3cccs3)n2-c2ccccc2)n1)N1CCc2ccccc2C1. The van der Waals surface area contributed by atoms with Crippen LogP contribution in [0.2, 0.25) is 0 Å². The third-order valence-corrected chi connectivity index (χ3v) is 7.68. The van der Waals surface area contributed by atoms with Crippen LogP contribution in [0.25, 0.3) is 16.4 Å². The van der Waals surface area contributed by atoms with E-state index in [1.807, 2.05) is 69.4 Å². The Labute approximate surface area is 210 Å². The number of oxazole rings is 1. The van der Waals surface area contributed by atoms with Crippen molar-refractivity contribution in [2.45, 2.75) is 23.9 Å². The van der Waals surface area contributed by atoms with Gasteiger partial charge in [-0.3, -0.25) is 9.36 Å². The fourth-order valence-electron chi connectivity index (χ4n) is 4.17. The number of amides is 1. The molecule has 2 aromatic carbocycles. The number of hydrogen-bond donors (Lipinski definition) is 0. The number of carbonyl (C=O) groups excluding carboxylic acids is 1. The summed E-state index contributed by atoms with van der Waals surface area (Å²) in [4.78, 5) is 20.4. The molecule has 0 saturated carbocycles. The summed E-state index contributed by atoms with van der Waals surface area (Å²) in [5.74, 6) is 1.61. The number of thiophene rings is 1. The van der Waals surface area contributed by atoms with Crippen LogP contribution < -0.4 is 0 Å². The van der Waals surface area contributed by atoms with Crippen LogP contribution >= 0.6 is 23.1 Å². The Bertz CT molecular complexity index is 1460. The van der Waals surface area contributed by atoms with Crippen molar-refractivity contribution in [2.24, 2.45) is 0 Å². The minimum atomic E-state index is -0.105. The Balaban J connectivity index is 1.19. The Hall–Kier alpha value is -3.69. The molecular formula is C26H21N5O2S2. The van der Waals surface area contributed by atoms with Gasteiger partial charge in [-0.25, -0.2) is 4.98 Å². The average molecular weight is 500 g/mol. The molecule has 35 heavy (non-hydrogen) atoms. The van der Waals surface area contributed by atoms with Crippen molar-refractivity contribution in [2.75, 3.05) is 6.54 Å². The maximum atomic E-state index is 13.0. The molecule has 1 amide bonds. The Morgan fingerprint density at radius 3 is 2.66 bits per heavy atom. The maximum absolute atomic E-state index is 13.0. The van der Waals surface area contributed by atoms with E-state index in [2.05, 4.69) is 27.3 Å². The number of hydrogen-bond acceptors (Lipinski definition) is 7. The fourth-order valence-corrected chi connectivity index (χ4v) is 5.67. The molecule has 7 nitrogen and oxygen atoms in total. The second-order valence-corrected chi connectivity index (χ2v) is 10.0. The van der Waals surface area contributed by atoms with Gasteiger partial charge in [0.25, 0.3) is 5.91 Å². The Morgan fingerprint density at radius 1 is 1.00 bits per heavy atom. The zero-order chi connectivity index (χ0) is 23.6. The largest absolute Gasteiger partial charge is 0.447 e. The van der Waals surface area contributed by atoms with Crippen LogP contribution in [0.4, 0.5) is 0 Å². The fraction of sp³-hybridized carbons (Fsp3) is 0.154. The summed E-state index contributed by atoms with van der Waals surface area (Å²) in [6.45, 7) is 1.27. The van der Waals surface area contributed by atoms with Crippen LogP contribution in [0.3, 0.4) is 0 Å². The summed E-state index contributed by atoms with van der Waals surface area (Å²) in [5.41, 5.74) is 3.81. The molecule has 0 atom stereocenters. The van der Waals surface area contributed by atoms with Crippen molar-refractivity contribution < 1.29 is 9.21 Å². The normalized spacial score (nSPS) is 13.1. The summed E-state index contributed by atoms with van der Waals surface area (Å²) in [6, 6.07) is 22.3. The second kappa shape index (κ2) is 9.52. The maximum Gasteiger partial charge on any atom is 0.276 e. The highest BCUT2D eigenvalue weighted by Crippen LogP contribution is 2.31. The smallest absolute Gasteiger partial charge is 0.276 e. The Morgan fingerprint density at radius 2 is 1.83 bits per heavy atom. The Kier molecular flexibility index (Phi) is 5.93. The van der Waals surface area contributed by atoms with Gasteiger partial charge in [-0.15, -0.1) is 21.5 Å². The van der Waals surface area contributed by atoms with E-state index in [9.17, 15) is 4.79 Å². The monoisotopic (exact) mass is 499 g/mol. The molecule has 9 heteroatoms. The van der Waals surface area contributed by atoms with E-state index in [0.717, 1.165) is 28.0 Å². The summed E-state index contributed by atoms with van der Waals surface area (Å²) in [5, 5.41) is 11.7. The van der Waals surface area contributed by atoms with Crippen LogP contribution in [0.5, 0.6) is 0 Å². The molecular weight excluding hydrogens is 478 g/mol. The van der Waals surface area contributed by atoms with Crippen LogP contribution in [-0.4, -0.2) is 37.1 Å². The number of nitrogens with zero attached hydrogens (tertiary/aromatic N) is 5. The predicted octanol–water partition coefficient (Wildman–Crippen LogP) is 5.47. The molecule has 0 saturated heterocycles. The van der Waals surface area contributed by atoms with Crippen molar-refractivity contribution in [3.05, 3.63) is 101 Å². The number of thioether (sulfide) groups is 1. The van der Waals surface area contributed by atoms with Crippen molar-refractivity contribution in [3.8, 4) is 16.4 Å². The average Bonchev–Trinajstić information content (AvgIpc) is 3.68. The van der Waals surface area contributed by atoms with Gasteiger partial charge in [0.15, 0.2) is 16.7 Å². The van der Waals surface area contributed by atoms with Crippen LogP contribution in [0.15, 0.2) is 87.9 Å². The van der Waals surface area contributed by atoms with E-state index in [1.54, 1.807) is 11.3 Å². The van der Waals surface area contributed by atoms with E-state index in [1.165, 1.54) is 29.2 Å². The summed E-state index contributed by atoms with van der Waals surface area (Å²) >= 11 is 3.10. The first kappa shape index (κ1) is 21.8. The van der Waals surface area contributed by atoms with Crippen LogP contribution in [0.1, 0.15) is 27.5 Å². The summed E-state index contributed by atoms with van der Waals surface area (Å²) in [6.07, 6.45) is 2.31. The minimum absolute atomic E-state index is 0.105. The van der Waals surface area contributed by atoms with Gasteiger partial charge in [-0.05, 0) is 41.1 Å². The van der Waals surface area contributed by atoms with Gasteiger partial charge >= 0.3 is 0 Å². The molecule has 0 fully saturated rings. The van der Waals surface area contributed by atoms with Crippen molar-refractivity contribution >= 4 is 29.0 Å². The third-order valence-electron chi connectivity index (χ3n) is 5.90. The molecule has 1 aliphatic heterocycles. The minimum Gasteiger partial charge on any atom is -0.447 e. The molecule has 0 bridgehead atoms. The first-order chi connectivity index (χ1) is 17.3. The lowest BCUT2D eigenvalue weighted by Crippen LogP contribution is -2.36.